The third-order valence-electron chi connectivity index (χ3n) is 2.63. The van der Waals surface area contributed by atoms with Crippen molar-refractivity contribution in [2.75, 3.05) is 0 Å². The van der Waals surface area contributed by atoms with Crippen molar-refractivity contribution in [2.45, 2.75) is 13.0 Å². The van der Waals surface area contributed by atoms with E-state index in [2.05, 4.69) is 0 Å². The summed E-state index contributed by atoms with van der Waals surface area (Å²) < 4.78 is 5.48. The average molecular weight is 259 g/mol. The zero-order chi connectivity index (χ0) is 13.8. The van der Waals surface area contributed by atoms with Crippen LogP contribution in [0.4, 0.5) is 5.69 Å². The summed E-state index contributed by atoms with van der Waals surface area (Å²) in [7, 11) is 0. The number of hydrogen-bond acceptors (Lipinski definition) is 4. The van der Waals surface area contributed by atoms with E-state index in [9.17, 15) is 15.2 Å². The van der Waals surface area contributed by atoms with Crippen molar-refractivity contribution in [1.29, 1.82) is 0 Å². The van der Waals surface area contributed by atoms with Gasteiger partial charge in [0.05, 0.1) is 11.0 Å². The van der Waals surface area contributed by atoms with Crippen molar-refractivity contribution in [2.24, 2.45) is 0 Å². The first-order valence-electron chi connectivity index (χ1n) is 5.77. The van der Waals surface area contributed by atoms with Crippen LogP contribution in [0.3, 0.4) is 0 Å². The summed E-state index contributed by atoms with van der Waals surface area (Å²) >= 11 is 0. The molecule has 5 heteroatoms. The maximum Gasteiger partial charge on any atom is 0.311 e. The van der Waals surface area contributed by atoms with Gasteiger partial charge in [-0.2, -0.15) is 0 Å². The fourth-order valence-corrected chi connectivity index (χ4v) is 1.64. The van der Waals surface area contributed by atoms with Gasteiger partial charge in [-0.3, -0.25) is 10.1 Å². The highest BCUT2D eigenvalue weighted by molar-refractivity contribution is 5.50. The first-order chi connectivity index (χ1) is 9.08. The standard InChI is InChI=1S/C14H13NO4/c1-10(16)11-7-8-14(13(9-11)15(17)18)19-12-5-3-2-4-6-12/h2-10,16H,1H3. The van der Waals surface area contributed by atoms with Crippen LogP contribution < -0.4 is 4.74 Å². The predicted octanol–water partition coefficient (Wildman–Crippen LogP) is 3.44. The van der Waals surface area contributed by atoms with E-state index in [1.165, 1.54) is 12.1 Å². The minimum Gasteiger partial charge on any atom is -0.450 e. The molecule has 0 amide bonds. The van der Waals surface area contributed by atoms with Crippen LogP contribution in [0.25, 0.3) is 0 Å². The summed E-state index contributed by atoms with van der Waals surface area (Å²) in [4.78, 5) is 10.5. The average Bonchev–Trinajstić information content (AvgIpc) is 2.39. The van der Waals surface area contributed by atoms with Crippen LogP contribution in [-0.4, -0.2) is 10.0 Å². The molecule has 0 saturated carbocycles. The van der Waals surface area contributed by atoms with Crippen LogP contribution in [-0.2, 0) is 0 Å². The molecule has 5 nitrogen and oxygen atoms in total. The zero-order valence-corrected chi connectivity index (χ0v) is 10.3. The lowest BCUT2D eigenvalue weighted by atomic mass is 10.1. The van der Waals surface area contributed by atoms with E-state index >= 15 is 0 Å². The monoisotopic (exact) mass is 259 g/mol. The molecule has 0 fully saturated rings. The van der Waals surface area contributed by atoms with E-state index in [0.717, 1.165) is 0 Å². The number of benzene rings is 2. The lowest BCUT2D eigenvalue weighted by Gasteiger charge is -2.09. The van der Waals surface area contributed by atoms with E-state index in [1.807, 2.05) is 6.07 Å². The summed E-state index contributed by atoms with van der Waals surface area (Å²) in [6.07, 6.45) is -0.760. The molecule has 0 heterocycles. The second-order valence-electron chi connectivity index (χ2n) is 4.08. The van der Waals surface area contributed by atoms with Crippen molar-refractivity contribution in [3.63, 3.8) is 0 Å². The van der Waals surface area contributed by atoms with Gasteiger partial charge in [-0.1, -0.05) is 24.3 Å². The summed E-state index contributed by atoms with van der Waals surface area (Å²) in [6, 6.07) is 13.2. The predicted molar refractivity (Wildman–Crippen MR) is 70.2 cm³/mol. The van der Waals surface area contributed by atoms with Gasteiger partial charge in [-0.15, -0.1) is 0 Å². The molecule has 2 rings (SSSR count). The minimum atomic E-state index is -0.760. The lowest BCUT2D eigenvalue weighted by Crippen LogP contribution is -1.97. The molecule has 19 heavy (non-hydrogen) atoms. The number of para-hydroxylation sites is 1. The Morgan fingerprint density at radius 1 is 1.21 bits per heavy atom. The lowest BCUT2D eigenvalue weighted by molar-refractivity contribution is -0.385. The summed E-state index contributed by atoms with van der Waals surface area (Å²) in [5.41, 5.74) is 0.314. The molecule has 0 saturated heterocycles. The Balaban J connectivity index is 2.37. The van der Waals surface area contributed by atoms with E-state index in [1.54, 1.807) is 37.3 Å². The third kappa shape index (κ3) is 3.08. The largest absolute Gasteiger partial charge is 0.450 e. The van der Waals surface area contributed by atoms with E-state index in [4.69, 9.17) is 4.74 Å². The number of nitro groups is 1. The molecule has 0 radical (unpaired) electrons. The number of nitrogens with zero attached hydrogens (tertiary/aromatic N) is 1. The van der Waals surface area contributed by atoms with Gasteiger partial charge >= 0.3 is 5.69 Å². The van der Waals surface area contributed by atoms with E-state index in [-0.39, 0.29) is 11.4 Å². The molecule has 2 aromatic rings. The van der Waals surface area contributed by atoms with Gasteiger partial charge in [0.15, 0.2) is 0 Å². The van der Waals surface area contributed by atoms with E-state index < -0.39 is 11.0 Å². The van der Waals surface area contributed by atoms with Gasteiger partial charge in [0.25, 0.3) is 0 Å². The zero-order valence-electron chi connectivity index (χ0n) is 10.3. The summed E-state index contributed by atoms with van der Waals surface area (Å²) in [5, 5.41) is 20.5. The molecule has 0 spiro atoms. The highest BCUT2D eigenvalue weighted by Gasteiger charge is 2.18. The number of nitro benzene ring substituents is 1. The maximum absolute atomic E-state index is 11.0. The van der Waals surface area contributed by atoms with Gasteiger partial charge < -0.3 is 9.84 Å². The van der Waals surface area contributed by atoms with E-state index in [0.29, 0.717) is 11.3 Å². The first-order valence-corrected chi connectivity index (χ1v) is 5.77. The van der Waals surface area contributed by atoms with Crippen LogP contribution in [0.15, 0.2) is 48.5 Å². The smallest absolute Gasteiger partial charge is 0.311 e. The molecule has 0 aromatic heterocycles. The fraction of sp³-hybridized carbons (Fsp3) is 0.143. The molecule has 1 atom stereocenters. The summed E-state index contributed by atoms with van der Waals surface area (Å²) in [5.74, 6) is 0.677. The van der Waals surface area contributed by atoms with Crippen LogP contribution >= 0.6 is 0 Å². The molecular weight excluding hydrogens is 246 g/mol. The number of hydrogen-bond donors (Lipinski definition) is 1. The highest BCUT2D eigenvalue weighted by Crippen LogP contribution is 2.33. The Hall–Kier alpha value is -2.40. The molecule has 0 aliphatic rings. The molecule has 1 unspecified atom stereocenters. The molecule has 98 valence electrons. The molecule has 2 aromatic carbocycles. The Labute approximate surface area is 110 Å². The van der Waals surface area contributed by atoms with Crippen molar-refractivity contribution >= 4 is 5.69 Å². The Kier molecular flexibility index (Phi) is 3.77. The van der Waals surface area contributed by atoms with Crippen molar-refractivity contribution < 1.29 is 14.8 Å². The SMILES string of the molecule is CC(O)c1ccc(Oc2ccccc2)c([N+](=O)[O-])c1. The highest BCUT2D eigenvalue weighted by atomic mass is 16.6. The number of aliphatic hydroxyl groups is 1. The topological polar surface area (TPSA) is 72.6 Å². The number of rotatable bonds is 4. The minimum absolute atomic E-state index is 0.153. The second kappa shape index (κ2) is 5.49. The molecular formula is C14H13NO4. The second-order valence-corrected chi connectivity index (χ2v) is 4.08. The Morgan fingerprint density at radius 2 is 1.89 bits per heavy atom. The maximum atomic E-state index is 11.0. The normalized spacial score (nSPS) is 11.9. The van der Waals surface area contributed by atoms with Crippen LogP contribution in [0.1, 0.15) is 18.6 Å². The molecule has 0 aliphatic heterocycles. The van der Waals surface area contributed by atoms with Crippen molar-refractivity contribution in [3.8, 4) is 11.5 Å². The van der Waals surface area contributed by atoms with Gasteiger partial charge in [0.1, 0.15) is 5.75 Å². The van der Waals surface area contributed by atoms with Crippen molar-refractivity contribution in [3.05, 3.63) is 64.2 Å². The van der Waals surface area contributed by atoms with Crippen LogP contribution in [0.2, 0.25) is 0 Å². The van der Waals surface area contributed by atoms with Crippen molar-refractivity contribution in [1.82, 2.24) is 0 Å². The van der Waals surface area contributed by atoms with Gasteiger partial charge in [0, 0.05) is 6.07 Å². The molecule has 0 aliphatic carbocycles. The van der Waals surface area contributed by atoms with Gasteiger partial charge in [-0.05, 0) is 30.7 Å². The summed E-state index contributed by atoms with van der Waals surface area (Å²) in [6.45, 7) is 1.55. The van der Waals surface area contributed by atoms with Gasteiger partial charge in [-0.25, -0.2) is 0 Å². The quantitative estimate of drug-likeness (QED) is 0.674. The van der Waals surface area contributed by atoms with Crippen LogP contribution in [0, 0.1) is 10.1 Å². The third-order valence-corrected chi connectivity index (χ3v) is 2.63. The number of aliphatic hydroxyl groups excluding tert-OH is 1. The molecule has 1 N–H and O–H groups in total. The first kappa shape index (κ1) is 13.0. The van der Waals surface area contributed by atoms with Gasteiger partial charge in [0.2, 0.25) is 5.75 Å². The van der Waals surface area contributed by atoms with Crippen LogP contribution in [0.5, 0.6) is 11.5 Å². The fourth-order valence-electron chi connectivity index (χ4n) is 1.64. The Morgan fingerprint density at radius 3 is 2.47 bits per heavy atom. The number of ether oxygens (including phenoxy) is 1. The Bertz CT molecular complexity index is 581. The molecule has 0 bridgehead atoms.